The Bertz CT molecular complexity index is 1360. The average molecular weight is 573 g/mol. The van der Waals surface area contributed by atoms with Crippen LogP contribution in [0.2, 0.25) is 0 Å². The minimum absolute atomic E-state index is 0.175. The van der Waals surface area contributed by atoms with E-state index in [0.717, 1.165) is 38.4 Å². The Hall–Kier alpha value is -4.24. The van der Waals surface area contributed by atoms with Crippen LogP contribution in [0, 0.1) is 19.8 Å². The molecular formula is C33H40N4O5. The Labute approximate surface area is 247 Å². The van der Waals surface area contributed by atoms with Crippen LogP contribution in [-0.2, 0) is 15.9 Å². The minimum atomic E-state index is -0.614. The highest BCUT2D eigenvalue weighted by Gasteiger charge is 2.27. The van der Waals surface area contributed by atoms with E-state index in [1.807, 2.05) is 0 Å². The van der Waals surface area contributed by atoms with Gasteiger partial charge in [-0.15, -0.1) is 0 Å². The lowest BCUT2D eigenvalue weighted by atomic mass is 9.90. The summed E-state index contributed by atoms with van der Waals surface area (Å²) in [5, 5.41) is 5.79. The first-order chi connectivity index (χ1) is 20.3. The zero-order valence-electron chi connectivity index (χ0n) is 24.9. The van der Waals surface area contributed by atoms with Gasteiger partial charge in [0.05, 0.1) is 36.7 Å². The molecule has 222 valence electrons. The third-order valence-electron chi connectivity index (χ3n) is 7.76. The normalized spacial score (nSPS) is 13.8. The van der Waals surface area contributed by atoms with Crippen LogP contribution in [0.1, 0.15) is 56.9 Å². The van der Waals surface area contributed by atoms with Crippen molar-refractivity contribution < 1.29 is 23.9 Å². The number of aromatic nitrogens is 1. The zero-order valence-corrected chi connectivity index (χ0v) is 24.9. The Morgan fingerprint density at radius 1 is 0.905 bits per heavy atom. The van der Waals surface area contributed by atoms with Gasteiger partial charge < -0.3 is 25.0 Å². The number of likely N-dealkylation sites (tertiary alicyclic amines) is 1. The molecule has 2 amide bonds. The van der Waals surface area contributed by atoms with E-state index in [4.69, 9.17) is 9.47 Å². The molecule has 0 aliphatic carbocycles. The summed E-state index contributed by atoms with van der Waals surface area (Å²) in [5.74, 6) is -0.496. The number of carbonyl (C=O) groups is 3. The van der Waals surface area contributed by atoms with Crippen LogP contribution in [-0.4, -0.2) is 68.3 Å². The maximum absolute atomic E-state index is 12.7. The van der Waals surface area contributed by atoms with Crippen LogP contribution in [0.25, 0.3) is 11.1 Å². The molecular weight excluding hydrogens is 532 g/mol. The monoisotopic (exact) mass is 572 g/mol. The lowest BCUT2D eigenvalue weighted by Crippen LogP contribution is -2.37. The van der Waals surface area contributed by atoms with E-state index in [-0.39, 0.29) is 17.2 Å². The minimum Gasteiger partial charge on any atom is -0.465 e. The Morgan fingerprint density at radius 3 is 2.17 bits per heavy atom. The average Bonchev–Trinajstić information content (AvgIpc) is 2.99. The van der Waals surface area contributed by atoms with E-state index in [1.165, 1.54) is 32.6 Å². The van der Waals surface area contributed by atoms with Gasteiger partial charge in [0.15, 0.2) is 0 Å². The molecule has 0 saturated carbocycles. The van der Waals surface area contributed by atoms with E-state index in [2.05, 4.69) is 50.8 Å². The number of pyridine rings is 1. The molecule has 9 nitrogen and oxygen atoms in total. The lowest BCUT2D eigenvalue weighted by molar-refractivity contribution is 0.0599. The molecule has 4 rings (SSSR count). The van der Waals surface area contributed by atoms with Gasteiger partial charge in [-0.1, -0.05) is 42.5 Å². The van der Waals surface area contributed by atoms with Gasteiger partial charge in [0.1, 0.15) is 0 Å². The van der Waals surface area contributed by atoms with Crippen molar-refractivity contribution in [3.8, 4) is 11.1 Å². The van der Waals surface area contributed by atoms with E-state index in [9.17, 15) is 14.4 Å². The van der Waals surface area contributed by atoms with Crippen LogP contribution >= 0.6 is 0 Å². The van der Waals surface area contributed by atoms with Crippen molar-refractivity contribution in [3.05, 3.63) is 82.7 Å². The van der Waals surface area contributed by atoms with Gasteiger partial charge >= 0.3 is 18.0 Å². The zero-order chi connectivity index (χ0) is 30.1. The molecule has 0 bridgehead atoms. The highest BCUT2D eigenvalue weighted by atomic mass is 16.5. The molecule has 0 atom stereocenters. The highest BCUT2D eigenvalue weighted by molar-refractivity contribution is 6.07. The second kappa shape index (κ2) is 14.6. The summed E-state index contributed by atoms with van der Waals surface area (Å²) in [7, 11) is 2.55. The number of piperidine rings is 1. The molecule has 0 radical (unpaired) electrons. The maximum Gasteiger partial charge on any atom is 0.340 e. The van der Waals surface area contributed by atoms with Crippen LogP contribution in [0.4, 0.5) is 10.5 Å². The topological polar surface area (TPSA) is 110 Å². The second-order valence-corrected chi connectivity index (χ2v) is 10.7. The number of hydrogen-bond acceptors (Lipinski definition) is 7. The van der Waals surface area contributed by atoms with Gasteiger partial charge in [0.25, 0.3) is 0 Å². The second-order valence-electron chi connectivity index (χ2n) is 10.7. The van der Waals surface area contributed by atoms with E-state index in [0.29, 0.717) is 34.7 Å². The van der Waals surface area contributed by atoms with E-state index in [1.54, 1.807) is 38.1 Å². The number of carbonyl (C=O) groups excluding carboxylic acids is 3. The quantitative estimate of drug-likeness (QED) is 0.247. The van der Waals surface area contributed by atoms with Crippen molar-refractivity contribution in [1.82, 2.24) is 15.2 Å². The van der Waals surface area contributed by atoms with E-state index < -0.39 is 11.9 Å². The molecule has 9 heteroatoms. The number of nitrogens with one attached hydrogen (secondary N) is 2. The van der Waals surface area contributed by atoms with Crippen molar-refractivity contribution in [2.75, 3.05) is 45.7 Å². The number of ether oxygens (including phenoxy) is 2. The Balaban J connectivity index is 1.33. The van der Waals surface area contributed by atoms with Crippen molar-refractivity contribution in [3.63, 3.8) is 0 Å². The summed E-state index contributed by atoms with van der Waals surface area (Å²) in [6.07, 6.45) is 4.40. The van der Waals surface area contributed by atoms with Gasteiger partial charge in [-0.2, -0.15) is 0 Å². The van der Waals surface area contributed by atoms with Crippen LogP contribution in [0.15, 0.2) is 54.6 Å². The Kier molecular flexibility index (Phi) is 10.7. The molecule has 0 spiro atoms. The molecule has 2 aromatic carbocycles. The first-order valence-electron chi connectivity index (χ1n) is 14.4. The molecule has 1 aromatic heterocycles. The maximum atomic E-state index is 12.7. The van der Waals surface area contributed by atoms with Gasteiger partial charge in [0.2, 0.25) is 0 Å². The molecule has 3 aromatic rings. The molecule has 2 heterocycles. The smallest absolute Gasteiger partial charge is 0.340 e. The van der Waals surface area contributed by atoms with E-state index >= 15 is 0 Å². The van der Waals surface area contributed by atoms with Crippen molar-refractivity contribution in [1.29, 1.82) is 0 Å². The van der Waals surface area contributed by atoms with Crippen LogP contribution < -0.4 is 10.6 Å². The number of amides is 2. The van der Waals surface area contributed by atoms with Gasteiger partial charge in [0, 0.05) is 17.8 Å². The van der Waals surface area contributed by atoms with Crippen molar-refractivity contribution in [2.24, 2.45) is 5.92 Å². The van der Waals surface area contributed by atoms with Crippen molar-refractivity contribution in [2.45, 2.75) is 39.5 Å². The van der Waals surface area contributed by atoms with Gasteiger partial charge in [-0.05, 0) is 88.3 Å². The number of benzene rings is 2. The SMILES string of the molecule is COC(=O)c1c(C)nc(C)c(C(=O)OC)c1-c1cccc(NC(=O)NCCCN2CCC(Cc3ccccc3)CC2)c1. The number of methoxy groups -OCH3 is 2. The summed E-state index contributed by atoms with van der Waals surface area (Å²) in [4.78, 5) is 45.0. The number of rotatable bonds is 10. The number of aryl methyl sites for hydroxylation is 2. The fourth-order valence-electron chi connectivity index (χ4n) is 5.64. The summed E-state index contributed by atoms with van der Waals surface area (Å²) in [6, 6.07) is 17.3. The fraction of sp³-hybridized carbons (Fsp3) is 0.394. The molecule has 0 unspecified atom stereocenters. The summed E-state index contributed by atoms with van der Waals surface area (Å²) >= 11 is 0. The molecule has 1 aliphatic heterocycles. The van der Waals surface area contributed by atoms with Gasteiger partial charge in [-0.3, -0.25) is 4.98 Å². The molecule has 1 fully saturated rings. The van der Waals surface area contributed by atoms with Crippen LogP contribution in [0.3, 0.4) is 0 Å². The molecule has 1 aliphatic rings. The fourth-order valence-corrected chi connectivity index (χ4v) is 5.64. The molecule has 1 saturated heterocycles. The van der Waals surface area contributed by atoms with Crippen LogP contribution in [0.5, 0.6) is 0 Å². The first kappa shape index (κ1) is 30.7. The Morgan fingerprint density at radius 2 is 1.55 bits per heavy atom. The van der Waals surface area contributed by atoms with Crippen molar-refractivity contribution >= 4 is 23.7 Å². The molecule has 42 heavy (non-hydrogen) atoms. The third-order valence-corrected chi connectivity index (χ3v) is 7.76. The first-order valence-corrected chi connectivity index (χ1v) is 14.4. The number of esters is 2. The number of hydrogen-bond donors (Lipinski definition) is 2. The number of urea groups is 1. The summed E-state index contributed by atoms with van der Waals surface area (Å²) < 4.78 is 9.99. The predicted molar refractivity (Wildman–Crippen MR) is 163 cm³/mol. The molecule has 2 N–H and O–H groups in total. The predicted octanol–water partition coefficient (Wildman–Crippen LogP) is 5.40. The largest absolute Gasteiger partial charge is 0.465 e. The number of anilines is 1. The third kappa shape index (κ3) is 7.73. The summed E-state index contributed by atoms with van der Waals surface area (Å²) in [5.41, 5.74) is 4.05. The van der Waals surface area contributed by atoms with Gasteiger partial charge in [-0.25, -0.2) is 14.4 Å². The summed E-state index contributed by atoms with van der Waals surface area (Å²) in [6.45, 7) is 7.05. The number of nitrogens with zero attached hydrogens (tertiary/aromatic N) is 2. The highest BCUT2D eigenvalue weighted by Crippen LogP contribution is 2.33. The lowest BCUT2D eigenvalue weighted by Gasteiger charge is -2.32. The standard InChI is InChI=1S/C33H40N4O5/c1-22-28(31(38)41-3)30(29(23(2)35-22)32(39)42-4)26-12-8-13-27(21-26)36-33(40)34-16-9-17-37-18-14-25(15-19-37)20-24-10-6-5-7-11-24/h5-8,10-13,21,25H,9,14-20H2,1-4H3,(H2,34,36,40).